The van der Waals surface area contributed by atoms with E-state index in [4.69, 9.17) is 5.14 Å². The molecule has 1 aliphatic rings. The highest BCUT2D eigenvalue weighted by atomic mass is 32.2. The molecule has 0 saturated heterocycles. The van der Waals surface area contributed by atoms with E-state index in [1.54, 1.807) is 0 Å². The number of sulfonamides is 1. The number of Topliss-reactive ketones (excluding diaryl/α,β-unsaturated/α-hetero) is 1. The predicted octanol–water partition coefficient (Wildman–Crippen LogP) is -0.421. The summed E-state index contributed by atoms with van der Waals surface area (Å²) in [5, 5.41) is 10.7. The number of hydrogen-bond donors (Lipinski definition) is 2. The van der Waals surface area contributed by atoms with Crippen LogP contribution in [0.5, 0.6) is 0 Å². The first kappa shape index (κ1) is 10.3. The number of aromatic nitrogens is 2. The molecule has 7 heteroatoms. The lowest BCUT2D eigenvalue weighted by Crippen LogP contribution is -2.16. The topological polar surface area (TPSA) is 106 Å². The second-order valence-electron chi connectivity index (χ2n) is 3.69. The van der Waals surface area contributed by atoms with E-state index < -0.39 is 10.0 Å². The summed E-state index contributed by atoms with van der Waals surface area (Å²) in [5.74, 6) is 0.162. The van der Waals surface area contributed by atoms with Crippen LogP contribution in [0.25, 0.3) is 0 Å². The van der Waals surface area contributed by atoms with E-state index in [2.05, 4.69) is 10.2 Å². The van der Waals surface area contributed by atoms with Crippen LogP contribution in [-0.4, -0.2) is 24.4 Å². The summed E-state index contributed by atoms with van der Waals surface area (Å²) in [6.07, 6.45) is 3.23. The number of nitrogens with two attached hydrogens (primary N) is 1. The van der Waals surface area contributed by atoms with Gasteiger partial charge in [0.15, 0.2) is 5.03 Å². The summed E-state index contributed by atoms with van der Waals surface area (Å²) in [6.45, 7) is 0. The third kappa shape index (κ3) is 2.24. The van der Waals surface area contributed by atoms with E-state index in [0.717, 1.165) is 12.8 Å². The second-order valence-corrected chi connectivity index (χ2v) is 5.19. The van der Waals surface area contributed by atoms with Gasteiger partial charge in [-0.25, -0.2) is 13.6 Å². The maximum atomic E-state index is 11.5. The molecule has 0 bridgehead atoms. The molecular formula is C8H11N3O3S. The maximum absolute atomic E-state index is 11.5. The van der Waals surface area contributed by atoms with Gasteiger partial charge in [0.1, 0.15) is 5.78 Å². The number of nitrogens with one attached hydrogen (secondary N) is 1. The molecule has 2 rings (SSSR count). The van der Waals surface area contributed by atoms with E-state index in [1.807, 2.05) is 0 Å². The van der Waals surface area contributed by atoms with Crippen LogP contribution in [0.15, 0.2) is 11.2 Å². The zero-order chi connectivity index (χ0) is 11.1. The molecule has 0 aliphatic heterocycles. The summed E-state index contributed by atoms with van der Waals surface area (Å²) >= 11 is 0. The average molecular weight is 229 g/mol. The number of rotatable bonds is 4. The average Bonchev–Trinajstić information content (AvgIpc) is 2.85. The van der Waals surface area contributed by atoms with Crippen LogP contribution in [-0.2, 0) is 21.2 Å². The summed E-state index contributed by atoms with van der Waals surface area (Å²) < 4.78 is 22.2. The van der Waals surface area contributed by atoms with Gasteiger partial charge in [-0.3, -0.25) is 9.89 Å². The van der Waals surface area contributed by atoms with E-state index in [9.17, 15) is 13.2 Å². The van der Waals surface area contributed by atoms with Crippen molar-refractivity contribution in [2.24, 2.45) is 11.1 Å². The zero-order valence-corrected chi connectivity index (χ0v) is 8.75. The number of ketones is 1. The zero-order valence-electron chi connectivity index (χ0n) is 7.93. The first-order valence-electron chi connectivity index (χ1n) is 4.56. The molecule has 1 saturated carbocycles. The molecule has 1 aromatic rings. The molecule has 1 heterocycles. The highest BCUT2D eigenvalue weighted by molar-refractivity contribution is 7.89. The largest absolute Gasteiger partial charge is 0.299 e. The Labute approximate surface area is 86.9 Å². The molecule has 15 heavy (non-hydrogen) atoms. The lowest BCUT2D eigenvalue weighted by atomic mass is 10.1. The molecular weight excluding hydrogens is 218 g/mol. The lowest BCUT2D eigenvalue weighted by Gasteiger charge is -1.99. The number of primary sulfonamides is 1. The van der Waals surface area contributed by atoms with Gasteiger partial charge in [-0.2, -0.15) is 5.10 Å². The van der Waals surface area contributed by atoms with Crippen molar-refractivity contribution in [2.75, 3.05) is 0 Å². The van der Waals surface area contributed by atoms with E-state index in [1.165, 1.54) is 6.20 Å². The van der Waals surface area contributed by atoms with Crippen LogP contribution in [0, 0.1) is 5.92 Å². The van der Waals surface area contributed by atoms with E-state index in [0.29, 0.717) is 5.56 Å². The number of carbonyl (C=O) groups excluding carboxylic acids is 1. The molecule has 0 spiro atoms. The number of nitrogens with zero attached hydrogens (tertiary/aromatic N) is 1. The van der Waals surface area contributed by atoms with Crippen molar-refractivity contribution in [3.63, 3.8) is 0 Å². The molecule has 1 fully saturated rings. The van der Waals surface area contributed by atoms with Crippen molar-refractivity contribution in [3.05, 3.63) is 11.8 Å². The maximum Gasteiger partial charge on any atom is 0.255 e. The van der Waals surface area contributed by atoms with Gasteiger partial charge in [0.05, 0.1) is 6.20 Å². The van der Waals surface area contributed by atoms with Crippen molar-refractivity contribution >= 4 is 15.8 Å². The van der Waals surface area contributed by atoms with Crippen LogP contribution in [0.3, 0.4) is 0 Å². The van der Waals surface area contributed by atoms with Crippen molar-refractivity contribution < 1.29 is 13.2 Å². The quantitative estimate of drug-likeness (QED) is 0.731. The van der Waals surface area contributed by atoms with Gasteiger partial charge in [0.25, 0.3) is 10.0 Å². The number of hydrogen-bond acceptors (Lipinski definition) is 4. The molecule has 1 aromatic heterocycles. The minimum Gasteiger partial charge on any atom is -0.299 e. The molecule has 3 N–H and O–H groups in total. The SMILES string of the molecule is NS(=O)(=O)c1[nH]ncc1CC(=O)C1CC1. The summed E-state index contributed by atoms with van der Waals surface area (Å²) in [5.41, 5.74) is 0.356. The molecule has 0 amide bonds. The minimum absolute atomic E-state index is 0.0568. The first-order chi connectivity index (χ1) is 6.98. The number of carbonyl (C=O) groups is 1. The molecule has 6 nitrogen and oxygen atoms in total. The number of aromatic amines is 1. The van der Waals surface area contributed by atoms with Crippen LogP contribution >= 0.6 is 0 Å². The monoisotopic (exact) mass is 229 g/mol. The molecule has 0 atom stereocenters. The normalized spacial score (nSPS) is 16.6. The van der Waals surface area contributed by atoms with Crippen LogP contribution in [0.4, 0.5) is 0 Å². The van der Waals surface area contributed by atoms with Crippen molar-refractivity contribution in [2.45, 2.75) is 24.3 Å². The summed E-state index contributed by atoms with van der Waals surface area (Å²) in [7, 11) is -3.81. The first-order valence-corrected chi connectivity index (χ1v) is 6.11. The second kappa shape index (κ2) is 3.42. The Bertz CT molecular complexity index is 487. The third-order valence-electron chi connectivity index (χ3n) is 2.36. The molecule has 82 valence electrons. The van der Waals surface area contributed by atoms with Crippen molar-refractivity contribution in [3.8, 4) is 0 Å². The highest BCUT2D eigenvalue weighted by Crippen LogP contribution is 2.31. The number of H-pyrrole nitrogens is 1. The lowest BCUT2D eigenvalue weighted by molar-refractivity contribution is -0.119. The smallest absolute Gasteiger partial charge is 0.255 e. The fourth-order valence-electron chi connectivity index (χ4n) is 1.41. The minimum atomic E-state index is -3.81. The Hall–Kier alpha value is -1.21. The van der Waals surface area contributed by atoms with Gasteiger partial charge >= 0.3 is 0 Å². The molecule has 0 radical (unpaired) electrons. The van der Waals surface area contributed by atoms with Gasteiger partial charge in [-0.15, -0.1) is 0 Å². The molecule has 0 aromatic carbocycles. The highest BCUT2D eigenvalue weighted by Gasteiger charge is 2.30. The Kier molecular flexibility index (Phi) is 2.35. The van der Waals surface area contributed by atoms with Crippen molar-refractivity contribution in [1.82, 2.24) is 10.2 Å². The molecule has 1 aliphatic carbocycles. The fraction of sp³-hybridized carbons (Fsp3) is 0.500. The Morgan fingerprint density at radius 3 is 2.80 bits per heavy atom. The fourth-order valence-corrected chi connectivity index (χ4v) is 2.08. The van der Waals surface area contributed by atoms with Crippen LogP contribution in [0.2, 0.25) is 0 Å². The van der Waals surface area contributed by atoms with Crippen molar-refractivity contribution in [1.29, 1.82) is 0 Å². The van der Waals surface area contributed by atoms with Gasteiger partial charge in [0, 0.05) is 17.9 Å². The predicted molar refractivity (Wildman–Crippen MR) is 51.4 cm³/mol. The standard InChI is InChI=1S/C8H11N3O3S/c9-15(13,14)8-6(4-10-11-8)3-7(12)5-1-2-5/h4-5H,1-3H2,(H,10,11)(H2,9,13,14). The van der Waals surface area contributed by atoms with Crippen LogP contribution < -0.4 is 5.14 Å². The summed E-state index contributed by atoms with van der Waals surface area (Å²) in [6, 6.07) is 0. The van der Waals surface area contributed by atoms with Gasteiger partial charge in [-0.05, 0) is 12.8 Å². The van der Waals surface area contributed by atoms with Crippen LogP contribution in [0.1, 0.15) is 18.4 Å². The summed E-state index contributed by atoms with van der Waals surface area (Å²) in [4.78, 5) is 11.5. The van der Waals surface area contributed by atoms with Gasteiger partial charge in [0.2, 0.25) is 0 Å². The van der Waals surface area contributed by atoms with E-state index in [-0.39, 0.29) is 23.1 Å². The molecule has 0 unspecified atom stereocenters. The van der Waals surface area contributed by atoms with E-state index >= 15 is 0 Å². The Morgan fingerprint density at radius 2 is 2.27 bits per heavy atom. The Morgan fingerprint density at radius 1 is 1.60 bits per heavy atom. The van der Waals surface area contributed by atoms with Gasteiger partial charge < -0.3 is 0 Å². The Balaban J connectivity index is 2.21. The van der Waals surface area contributed by atoms with Gasteiger partial charge in [-0.1, -0.05) is 0 Å². The third-order valence-corrected chi connectivity index (χ3v) is 3.28.